The first-order valence-electron chi connectivity index (χ1n) is 6.74. The van der Waals surface area contributed by atoms with E-state index < -0.39 is 5.60 Å². The summed E-state index contributed by atoms with van der Waals surface area (Å²) in [5.41, 5.74) is 1.27. The molecule has 19 heavy (non-hydrogen) atoms. The maximum absolute atomic E-state index is 9.24. The molecule has 0 fully saturated rings. The van der Waals surface area contributed by atoms with E-state index in [1.807, 2.05) is 59.7 Å². The molecule has 0 spiro atoms. The number of hydrogen-bond acceptors (Lipinski definition) is 3. The quantitative estimate of drug-likeness (QED) is 0.651. The minimum Gasteiger partial charge on any atom is -0.396 e. The highest BCUT2D eigenvalue weighted by molar-refractivity contribution is 5.29. The summed E-state index contributed by atoms with van der Waals surface area (Å²) in [6.45, 7) is 11.9. The Hall–Kier alpha value is -0.900. The van der Waals surface area contributed by atoms with Crippen LogP contribution in [0.3, 0.4) is 0 Å². The molecular formula is C16H26O3. The minimum absolute atomic E-state index is 0.124. The highest BCUT2D eigenvalue weighted by atomic mass is 17.2. The van der Waals surface area contributed by atoms with Gasteiger partial charge in [0.15, 0.2) is 0 Å². The minimum atomic E-state index is -0.529. The van der Waals surface area contributed by atoms with Crippen molar-refractivity contribution in [2.45, 2.75) is 58.7 Å². The van der Waals surface area contributed by atoms with E-state index in [4.69, 9.17) is 9.78 Å². The van der Waals surface area contributed by atoms with Gasteiger partial charge in [0.25, 0.3) is 0 Å². The molecule has 108 valence electrons. The maximum atomic E-state index is 9.24. The van der Waals surface area contributed by atoms with Crippen molar-refractivity contribution >= 4 is 0 Å². The fraction of sp³-hybridized carbons (Fsp3) is 0.625. The zero-order chi connectivity index (χ0) is 14.7. The molecule has 0 aliphatic rings. The van der Waals surface area contributed by atoms with Crippen LogP contribution < -0.4 is 0 Å². The Kier molecular flexibility index (Phi) is 5.13. The second kappa shape index (κ2) is 6.04. The van der Waals surface area contributed by atoms with Crippen molar-refractivity contribution in [3.8, 4) is 0 Å². The largest absolute Gasteiger partial charge is 0.396 e. The summed E-state index contributed by atoms with van der Waals surface area (Å²) < 4.78 is 0. The van der Waals surface area contributed by atoms with Gasteiger partial charge in [0, 0.05) is 12.5 Å². The molecule has 0 heterocycles. The average Bonchev–Trinajstić information content (AvgIpc) is 2.35. The SMILES string of the molecule is CC(CO)c1cccc(C(C)(C)OOC(C)(C)C)c1. The summed E-state index contributed by atoms with van der Waals surface area (Å²) in [6, 6.07) is 8.08. The summed E-state index contributed by atoms with van der Waals surface area (Å²) in [7, 11) is 0. The molecule has 0 aromatic heterocycles. The third kappa shape index (κ3) is 4.94. The van der Waals surface area contributed by atoms with Gasteiger partial charge in [0.2, 0.25) is 0 Å². The van der Waals surface area contributed by atoms with Crippen LogP contribution in [-0.4, -0.2) is 17.3 Å². The van der Waals surface area contributed by atoms with Crippen molar-refractivity contribution in [3.05, 3.63) is 35.4 Å². The van der Waals surface area contributed by atoms with Crippen LogP contribution >= 0.6 is 0 Å². The zero-order valence-electron chi connectivity index (χ0n) is 12.9. The lowest BCUT2D eigenvalue weighted by Crippen LogP contribution is -2.29. The lowest BCUT2D eigenvalue weighted by Gasteiger charge is -2.29. The van der Waals surface area contributed by atoms with Crippen LogP contribution in [0.5, 0.6) is 0 Å². The Morgan fingerprint density at radius 2 is 1.74 bits per heavy atom. The topological polar surface area (TPSA) is 38.7 Å². The van der Waals surface area contributed by atoms with E-state index >= 15 is 0 Å². The first kappa shape index (κ1) is 16.2. The van der Waals surface area contributed by atoms with Gasteiger partial charge in [-0.05, 0) is 45.7 Å². The molecule has 3 heteroatoms. The van der Waals surface area contributed by atoms with Gasteiger partial charge in [0.05, 0.1) is 5.60 Å². The van der Waals surface area contributed by atoms with Crippen LogP contribution in [0.1, 0.15) is 58.6 Å². The number of aliphatic hydroxyl groups excluding tert-OH is 1. The number of rotatable bonds is 5. The Morgan fingerprint density at radius 3 is 2.26 bits per heavy atom. The number of benzene rings is 1. The Labute approximate surface area is 116 Å². The Morgan fingerprint density at radius 1 is 1.11 bits per heavy atom. The lowest BCUT2D eigenvalue weighted by molar-refractivity contribution is -0.401. The first-order chi connectivity index (χ1) is 8.65. The number of aliphatic hydroxyl groups is 1. The van der Waals surface area contributed by atoms with Gasteiger partial charge in [-0.25, -0.2) is 9.78 Å². The van der Waals surface area contributed by atoms with E-state index in [2.05, 4.69) is 6.07 Å². The maximum Gasteiger partial charge on any atom is 0.123 e. The highest BCUT2D eigenvalue weighted by Gasteiger charge is 2.26. The molecule has 3 nitrogen and oxygen atoms in total. The smallest absolute Gasteiger partial charge is 0.123 e. The highest BCUT2D eigenvalue weighted by Crippen LogP contribution is 2.29. The first-order valence-corrected chi connectivity index (χ1v) is 6.74. The molecule has 0 saturated carbocycles. The normalized spacial score (nSPS) is 14.5. The standard InChI is InChI=1S/C16H26O3/c1-12(11-17)13-8-7-9-14(10-13)16(5,6)19-18-15(2,3)4/h7-10,12,17H,11H2,1-6H3. The fourth-order valence-corrected chi connectivity index (χ4v) is 1.60. The van der Waals surface area contributed by atoms with Gasteiger partial charge in [-0.15, -0.1) is 0 Å². The van der Waals surface area contributed by atoms with E-state index in [0.29, 0.717) is 0 Å². The molecule has 1 unspecified atom stereocenters. The predicted octanol–water partition coefficient (Wildman–Crippen LogP) is 3.76. The number of hydrogen-bond donors (Lipinski definition) is 1. The van der Waals surface area contributed by atoms with Gasteiger partial charge in [-0.1, -0.05) is 31.2 Å². The van der Waals surface area contributed by atoms with E-state index in [1.54, 1.807) is 0 Å². The monoisotopic (exact) mass is 266 g/mol. The van der Waals surface area contributed by atoms with Crippen molar-refractivity contribution in [2.24, 2.45) is 0 Å². The molecule has 1 aromatic carbocycles. The van der Waals surface area contributed by atoms with Crippen molar-refractivity contribution in [1.82, 2.24) is 0 Å². The van der Waals surface area contributed by atoms with Crippen LogP contribution in [0.15, 0.2) is 24.3 Å². The van der Waals surface area contributed by atoms with E-state index in [-0.39, 0.29) is 18.1 Å². The summed E-state index contributed by atoms with van der Waals surface area (Å²) in [6.07, 6.45) is 0. The van der Waals surface area contributed by atoms with Crippen molar-refractivity contribution in [3.63, 3.8) is 0 Å². The van der Waals surface area contributed by atoms with Gasteiger partial charge in [0.1, 0.15) is 5.60 Å². The second-order valence-corrected chi connectivity index (χ2v) is 6.50. The molecule has 0 aliphatic heterocycles. The Bertz CT molecular complexity index is 405. The molecule has 1 atom stereocenters. The molecule has 0 aliphatic carbocycles. The van der Waals surface area contributed by atoms with Gasteiger partial charge < -0.3 is 5.11 Å². The zero-order valence-corrected chi connectivity index (χ0v) is 12.9. The van der Waals surface area contributed by atoms with Crippen LogP contribution in [0.2, 0.25) is 0 Å². The van der Waals surface area contributed by atoms with Crippen LogP contribution in [0, 0.1) is 0 Å². The average molecular weight is 266 g/mol. The molecule has 1 rings (SSSR count). The van der Waals surface area contributed by atoms with Crippen LogP contribution in [0.4, 0.5) is 0 Å². The molecular weight excluding hydrogens is 240 g/mol. The molecule has 1 aromatic rings. The lowest BCUT2D eigenvalue weighted by atomic mass is 9.93. The van der Waals surface area contributed by atoms with E-state index in [1.165, 1.54) is 0 Å². The summed E-state index contributed by atoms with van der Waals surface area (Å²) >= 11 is 0. The summed E-state index contributed by atoms with van der Waals surface area (Å²) in [5, 5.41) is 9.24. The van der Waals surface area contributed by atoms with Gasteiger partial charge >= 0.3 is 0 Å². The molecule has 0 bridgehead atoms. The van der Waals surface area contributed by atoms with Gasteiger partial charge in [-0.3, -0.25) is 0 Å². The van der Waals surface area contributed by atoms with Crippen LogP contribution in [-0.2, 0) is 15.4 Å². The van der Waals surface area contributed by atoms with E-state index in [9.17, 15) is 5.11 Å². The third-order valence-electron chi connectivity index (χ3n) is 2.92. The Balaban J connectivity index is 2.88. The second-order valence-electron chi connectivity index (χ2n) is 6.50. The van der Waals surface area contributed by atoms with E-state index in [0.717, 1.165) is 11.1 Å². The van der Waals surface area contributed by atoms with Crippen molar-refractivity contribution < 1.29 is 14.9 Å². The van der Waals surface area contributed by atoms with Crippen molar-refractivity contribution in [2.75, 3.05) is 6.61 Å². The molecule has 0 saturated heterocycles. The molecule has 1 N–H and O–H groups in total. The summed E-state index contributed by atoms with van der Waals surface area (Å²) in [4.78, 5) is 11.0. The van der Waals surface area contributed by atoms with Gasteiger partial charge in [-0.2, -0.15) is 0 Å². The molecule has 0 radical (unpaired) electrons. The molecule has 0 amide bonds. The summed E-state index contributed by atoms with van der Waals surface area (Å²) in [5.74, 6) is 0.124. The van der Waals surface area contributed by atoms with Crippen molar-refractivity contribution in [1.29, 1.82) is 0 Å². The predicted molar refractivity (Wildman–Crippen MR) is 76.9 cm³/mol. The van der Waals surface area contributed by atoms with Crippen LogP contribution in [0.25, 0.3) is 0 Å². The fourth-order valence-electron chi connectivity index (χ4n) is 1.60. The third-order valence-corrected chi connectivity index (χ3v) is 2.92.